The summed E-state index contributed by atoms with van der Waals surface area (Å²) in [6.07, 6.45) is 0. The third-order valence-electron chi connectivity index (χ3n) is 2.01. The molecule has 76 valence electrons. The van der Waals surface area contributed by atoms with E-state index in [0.717, 1.165) is 18.2 Å². The zero-order chi connectivity index (χ0) is 11.0. The van der Waals surface area contributed by atoms with E-state index in [9.17, 15) is 19.1 Å². The second-order valence-electron chi connectivity index (χ2n) is 3.02. The SMILES string of the molecule is O=C([O-])c1cc(=O)c2cc(F)ccc2[nH]1. The standard InChI is InChI=1S/C10H6FNO3/c11-5-1-2-7-6(3-5)9(13)4-8(12-7)10(14)15/h1-4H,(H,12,13)(H,14,15)/p-1. The molecule has 0 saturated heterocycles. The summed E-state index contributed by atoms with van der Waals surface area (Å²) < 4.78 is 12.8. The molecular formula is C10H5FNO3-. The van der Waals surface area contributed by atoms with Gasteiger partial charge in [0.05, 0.1) is 11.7 Å². The molecule has 0 amide bonds. The van der Waals surface area contributed by atoms with E-state index in [1.165, 1.54) is 6.07 Å². The van der Waals surface area contributed by atoms with Crippen LogP contribution in [0.3, 0.4) is 0 Å². The van der Waals surface area contributed by atoms with Crippen LogP contribution in [0.15, 0.2) is 29.1 Å². The van der Waals surface area contributed by atoms with Gasteiger partial charge in [-0.15, -0.1) is 0 Å². The Morgan fingerprint density at radius 2 is 2.07 bits per heavy atom. The Morgan fingerprint density at radius 1 is 1.33 bits per heavy atom. The number of halogens is 1. The lowest BCUT2D eigenvalue weighted by Gasteiger charge is -2.04. The average molecular weight is 206 g/mol. The minimum Gasteiger partial charge on any atom is -0.543 e. The number of hydrogen-bond acceptors (Lipinski definition) is 3. The fourth-order valence-electron chi connectivity index (χ4n) is 1.33. The molecule has 0 bridgehead atoms. The van der Waals surface area contributed by atoms with Gasteiger partial charge in [0.15, 0.2) is 5.43 Å². The minimum absolute atomic E-state index is 0.111. The molecule has 4 nitrogen and oxygen atoms in total. The first kappa shape index (κ1) is 9.39. The lowest BCUT2D eigenvalue weighted by atomic mass is 10.2. The zero-order valence-electron chi connectivity index (χ0n) is 7.41. The van der Waals surface area contributed by atoms with Gasteiger partial charge in [0.1, 0.15) is 5.82 Å². The number of aromatic amines is 1. The first-order valence-electron chi connectivity index (χ1n) is 4.12. The van der Waals surface area contributed by atoms with Gasteiger partial charge in [-0.3, -0.25) is 4.79 Å². The van der Waals surface area contributed by atoms with Crippen molar-refractivity contribution >= 4 is 16.9 Å². The van der Waals surface area contributed by atoms with Crippen molar-refractivity contribution in [3.63, 3.8) is 0 Å². The van der Waals surface area contributed by atoms with Gasteiger partial charge in [-0.1, -0.05) is 0 Å². The van der Waals surface area contributed by atoms with Crippen molar-refractivity contribution in [3.8, 4) is 0 Å². The Balaban J connectivity index is 2.84. The predicted molar refractivity (Wildman–Crippen MR) is 48.9 cm³/mol. The highest BCUT2D eigenvalue weighted by Gasteiger charge is 2.03. The van der Waals surface area contributed by atoms with Crippen molar-refractivity contribution in [2.24, 2.45) is 0 Å². The van der Waals surface area contributed by atoms with Crippen LogP contribution in [0.2, 0.25) is 0 Å². The maximum absolute atomic E-state index is 12.8. The molecule has 1 aromatic carbocycles. The Hall–Kier alpha value is -2.17. The molecule has 0 unspecified atom stereocenters. The molecule has 0 atom stereocenters. The van der Waals surface area contributed by atoms with Gasteiger partial charge in [-0.25, -0.2) is 4.39 Å². The Morgan fingerprint density at radius 3 is 2.73 bits per heavy atom. The molecular weight excluding hydrogens is 201 g/mol. The second kappa shape index (κ2) is 3.20. The summed E-state index contributed by atoms with van der Waals surface area (Å²) in [5, 5.41) is 10.6. The summed E-state index contributed by atoms with van der Waals surface area (Å²) in [6, 6.07) is 4.36. The number of fused-ring (bicyclic) bond motifs is 1. The van der Waals surface area contributed by atoms with Gasteiger partial charge in [0.2, 0.25) is 0 Å². The monoisotopic (exact) mass is 206 g/mol. The van der Waals surface area contributed by atoms with E-state index in [2.05, 4.69) is 4.98 Å². The van der Waals surface area contributed by atoms with Gasteiger partial charge >= 0.3 is 0 Å². The Labute approximate surface area is 83.0 Å². The number of carbonyl (C=O) groups is 1. The van der Waals surface area contributed by atoms with Crippen LogP contribution >= 0.6 is 0 Å². The van der Waals surface area contributed by atoms with Crippen LogP contribution in [0.4, 0.5) is 4.39 Å². The van der Waals surface area contributed by atoms with Gasteiger partial charge in [-0.2, -0.15) is 0 Å². The number of carboxylic acids is 1. The molecule has 1 aromatic heterocycles. The third kappa shape index (κ3) is 1.59. The fraction of sp³-hybridized carbons (Fsp3) is 0. The molecule has 1 heterocycles. The van der Waals surface area contributed by atoms with Gasteiger partial charge in [0, 0.05) is 17.0 Å². The van der Waals surface area contributed by atoms with E-state index >= 15 is 0 Å². The van der Waals surface area contributed by atoms with Crippen molar-refractivity contribution in [1.82, 2.24) is 4.98 Å². The number of hydrogen-bond donors (Lipinski definition) is 1. The lowest BCUT2D eigenvalue weighted by molar-refractivity contribution is -0.255. The first-order chi connectivity index (χ1) is 7.08. The topological polar surface area (TPSA) is 73.0 Å². The molecule has 5 heteroatoms. The summed E-state index contributed by atoms with van der Waals surface area (Å²) in [5.41, 5.74) is -0.607. The second-order valence-corrected chi connectivity index (χ2v) is 3.02. The van der Waals surface area contributed by atoms with Crippen molar-refractivity contribution in [1.29, 1.82) is 0 Å². The molecule has 1 N–H and O–H groups in total. The van der Waals surface area contributed by atoms with Gasteiger partial charge < -0.3 is 14.9 Å². The molecule has 2 rings (SSSR count). The highest BCUT2D eigenvalue weighted by atomic mass is 19.1. The van der Waals surface area contributed by atoms with E-state index in [0.29, 0.717) is 0 Å². The maximum atomic E-state index is 12.8. The first-order valence-corrected chi connectivity index (χ1v) is 4.12. The molecule has 0 aliphatic rings. The van der Waals surface area contributed by atoms with E-state index in [4.69, 9.17) is 0 Å². The molecule has 2 aromatic rings. The summed E-state index contributed by atoms with van der Waals surface area (Å²) >= 11 is 0. The van der Waals surface area contributed by atoms with Crippen LogP contribution in [0, 0.1) is 5.82 Å². The van der Waals surface area contributed by atoms with Crippen LogP contribution in [-0.2, 0) is 0 Å². The summed E-state index contributed by atoms with van der Waals surface area (Å²) in [6.45, 7) is 0. The van der Waals surface area contributed by atoms with Crippen LogP contribution < -0.4 is 10.5 Å². The van der Waals surface area contributed by atoms with Crippen molar-refractivity contribution in [2.45, 2.75) is 0 Å². The summed E-state index contributed by atoms with van der Waals surface area (Å²) in [5.74, 6) is -2.02. The largest absolute Gasteiger partial charge is 0.543 e. The van der Waals surface area contributed by atoms with Gasteiger partial charge in [-0.05, 0) is 18.2 Å². The van der Waals surface area contributed by atoms with E-state index in [-0.39, 0.29) is 16.6 Å². The summed E-state index contributed by atoms with van der Waals surface area (Å²) in [4.78, 5) is 24.4. The molecule has 0 radical (unpaired) electrons. The molecule has 0 fully saturated rings. The van der Waals surface area contributed by atoms with Crippen LogP contribution in [0.25, 0.3) is 10.9 Å². The number of pyridine rings is 1. The molecule has 0 spiro atoms. The number of nitrogens with one attached hydrogen (secondary N) is 1. The highest BCUT2D eigenvalue weighted by molar-refractivity contribution is 5.88. The number of aromatic nitrogens is 1. The van der Waals surface area contributed by atoms with E-state index in [1.807, 2.05) is 0 Å². The van der Waals surface area contributed by atoms with E-state index < -0.39 is 17.2 Å². The number of H-pyrrole nitrogens is 1. The van der Waals surface area contributed by atoms with Crippen molar-refractivity contribution in [3.05, 3.63) is 46.0 Å². The quantitative estimate of drug-likeness (QED) is 0.715. The smallest absolute Gasteiger partial charge is 0.190 e. The minimum atomic E-state index is -1.47. The van der Waals surface area contributed by atoms with Gasteiger partial charge in [0.25, 0.3) is 0 Å². The number of aromatic carboxylic acids is 1. The average Bonchev–Trinajstić information content (AvgIpc) is 2.18. The molecule has 0 aliphatic heterocycles. The molecule has 15 heavy (non-hydrogen) atoms. The Kier molecular flexibility index (Phi) is 2.00. The third-order valence-corrected chi connectivity index (χ3v) is 2.01. The number of carboxylic acid groups (broad SMARTS) is 1. The van der Waals surface area contributed by atoms with Crippen molar-refractivity contribution < 1.29 is 14.3 Å². The number of rotatable bonds is 1. The number of benzene rings is 1. The Bertz CT molecular complexity index is 603. The lowest BCUT2D eigenvalue weighted by Crippen LogP contribution is -2.25. The maximum Gasteiger partial charge on any atom is 0.190 e. The highest BCUT2D eigenvalue weighted by Crippen LogP contribution is 2.09. The fourth-order valence-corrected chi connectivity index (χ4v) is 1.33. The van der Waals surface area contributed by atoms with Crippen LogP contribution in [0.5, 0.6) is 0 Å². The van der Waals surface area contributed by atoms with Crippen molar-refractivity contribution in [2.75, 3.05) is 0 Å². The molecule has 0 aliphatic carbocycles. The zero-order valence-corrected chi connectivity index (χ0v) is 7.41. The molecule has 0 saturated carbocycles. The van der Waals surface area contributed by atoms with Crippen LogP contribution in [0.1, 0.15) is 10.5 Å². The van der Waals surface area contributed by atoms with Crippen LogP contribution in [-0.4, -0.2) is 11.0 Å². The summed E-state index contributed by atoms with van der Waals surface area (Å²) in [7, 11) is 0. The van der Waals surface area contributed by atoms with E-state index in [1.54, 1.807) is 0 Å². The normalized spacial score (nSPS) is 10.5. The predicted octanol–water partition coefficient (Wildman–Crippen LogP) is 0.0307. The number of carbonyl (C=O) groups excluding carboxylic acids is 1.